The van der Waals surface area contributed by atoms with Crippen LogP contribution in [-0.4, -0.2) is 21.6 Å². The molecule has 5 nitrogen and oxygen atoms in total. The van der Waals surface area contributed by atoms with Crippen LogP contribution in [0.5, 0.6) is 0 Å². The number of hydrogen-bond donors (Lipinski definition) is 1. The molecule has 0 bridgehead atoms. The van der Waals surface area contributed by atoms with E-state index < -0.39 is 5.91 Å². The zero-order valence-corrected chi connectivity index (χ0v) is 15.3. The number of nitrogens with two attached hydrogens (primary N) is 1. The Balaban J connectivity index is 2.65. The Morgan fingerprint density at radius 2 is 2.04 bits per heavy atom. The molecule has 0 spiro atoms. The van der Waals surface area contributed by atoms with Gasteiger partial charge in [-0.2, -0.15) is 5.26 Å². The molecule has 0 atom stereocenters. The van der Waals surface area contributed by atoms with E-state index in [1.165, 1.54) is 0 Å². The summed E-state index contributed by atoms with van der Waals surface area (Å²) in [6.07, 6.45) is 0. The fraction of sp³-hybridized carbons (Fsp3) is 0.250. The number of nitriles is 1. The number of aromatic nitrogens is 2. The molecule has 2 rings (SSSR count). The Morgan fingerprint density at radius 3 is 2.58 bits per heavy atom. The van der Waals surface area contributed by atoms with Gasteiger partial charge in [0.25, 0.3) is 0 Å². The van der Waals surface area contributed by atoms with Crippen LogP contribution >= 0.6 is 35.0 Å². The molecule has 0 radical (unpaired) electrons. The molecule has 8 heteroatoms. The zero-order chi connectivity index (χ0) is 17.9. The normalized spacial score (nSPS) is 10.7. The van der Waals surface area contributed by atoms with E-state index in [0.29, 0.717) is 32.2 Å². The van der Waals surface area contributed by atoms with Crippen LogP contribution in [0.15, 0.2) is 23.2 Å². The molecule has 2 aromatic rings. The lowest BCUT2D eigenvalue weighted by Crippen LogP contribution is -2.14. The van der Waals surface area contributed by atoms with Gasteiger partial charge in [-0.3, -0.25) is 4.79 Å². The van der Waals surface area contributed by atoms with E-state index in [1.807, 2.05) is 13.8 Å². The largest absolute Gasteiger partial charge is 0.369 e. The molecule has 0 aliphatic rings. The molecule has 24 heavy (non-hydrogen) atoms. The highest BCUT2D eigenvalue weighted by Crippen LogP contribution is 2.33. The van der Waals surface area contributed by atoms with Crippen molar-refractivity contribution in [1.82, 2.24) is 9.97 Å². The van der Waals surface area contributed by atoms with E-state index in [-0.39, 0.29) is 17.2 Å². The summed E-state index contributed by atoms with van der Waals surface area (Å²) in [7, 11) is 0. The van der Waals surface area contributed by atoms with Crippen LogP contribution in [0.1, 0.15) is 31.2 Å². The van der Waals surface area contributed by atoms with Crippen LogP contribution < -0.4 is 5.73 Å². The topological polar surface area (TPSA) is 92.7 Å². The molecule has 0 aliphatic carbocycles. The second-order valence-electron chi connectivity index (χ2n) is 5.26. The number of carbonyl (C=O) groups is 1. The lowest BCUT2D eigenvalue weighted by atomic mass is 10.1. The van der Waals surface area contributed by atoms with Crippen molar-refractivity contribution in [2.75, 3.05) is 5.75 Å². The lowest BCUT2D eigenvalue weighted by Gasteiger charge is -2.13. The van der Waals surface area contributed by atoms with Crippen molar-refractivity contribution in [1.29, 1.82) is 5.26 Å². The number of thioether (sulfide) groups is 1. The number of primary amides is 1. The molecule has 124 valence electrons. The van der Waals surface area contributed by atoms with Gasteiger partial charge < -0.3 is 5.73 Å². The Morgan fingerprint density at radius 1 is 1.33 bits per heavy atom. The molecular weight excluding hydrogens is 367 g/mol. The van der Waals surface area contributed by atoms with Crippen molar-refractivity contribution in [3.63, 3.8) is 0 Å². The summed E-state index contributed by atoms with van der Waals surface area (Å²) in [5.41, 5.74) is 6.60. The molecule has 1 aromatic heterocycles. The zero-order valence-electron chi connectivity index (χ0n) is 13.0. The number of carbonyl (C=O) groups excluding carboxylic acids is 1. The summed E-state index contributed by atoms with van der Waals surface area (Å²) in [5.74, 6) is 0.170. The van der Waals surface area contributed by atoms with Gasteiger partial charge in [0, 0.05) is 11.5 Å². The predicted molar refractivity (Wildman–Crippen MR) is 96.2 cm³/mol. The second kappa shape index (κ2) is 7.84. The van der Waals surface area contributed by atoms with Crippen molar-refractivity contribution in [2.24, 2.45) is 5.73 Å². The summed E-state index contributed by atoms with van der Waals surface area (Å²) in [6, 6.07) is 7.15. The Bertz CT molecular complexity index is 834. The number of hydrogen-bond acceptors (Lipinski definition) is 5. The molecule has 1 heterocycles. The first-order valence-corrected chi connectivity index (χ1v) is 8.76. The van der Waals surface area contributed by atoms with E-state index in [2.05, 4.69) is 16.0 Å². The molecule has 0 aliphatic heterocycles. The minimum Gasteiger partial charge on any atom is -0.369 e. The quantitative estimate of drug-likeness (QED) is 0.624. The first kappa shape index (κ1) is 18.5. The van der Waals surface area contributed by atoms with Crippen molar-refractivity contribution in [2.45, 2.75) is 24.8 Å². The van der Waals surface area contributed by atoms with Crippen LogP contribution in [0.2, 0.25) is 10.0 Å². The highest BCUT2D eigenvalue weighted by molar-refractivity contribution is 8.00. The second-order valence-corrected chi connectivity index (χ2v) is 7.04. The molecule has 0 saturated carbocycles. The third-order valence-electron chi connectivity index (χ3n) is 3.07. The van der Waals surface area contributed by atoms with Crippen LogP contribution in [0.4, 0.5) is 0 Å². The third kappa shape index (κ3) is 4.18. The smallest absolute Gasteiger partial charge is 0.227 e. The fourth-order valence-electron chi connectivity index (χ4n) is 1.91. The van der Waals surface area contributed by atoms with Crippen LogP contribution in [0.25, 0.3) is 11.3 Å². The highest BCUT2D eigenvalue weighted by atomic mass is 35.5. The maximum absolute atomic E-state index is 11.1. The molecular formula is C16H14Cl2N4OS. The Kier molecular flexibility index (Phi) is 6.05. The Hall–Kier alpha value is -1.81. The van der Waals surface area contributed by atoms with Crippen LogP contribution in [-0.2, 0) is 4.79 Å². The molecule has 1 amide bonds. The summed E-state index contributed by atoms with van der Waals surface area (Å²) >= 11 is 13.2. The molecule has 2 N–H and O–H groups in total. The highest BCUT2D eigenvalue weighted by Gasteiger charge is 2.19. The van der Waals surface area contributed by atoms with E-state index in [1.54, 1.807) is 18.2 Å². The van der Waals surface area contributed by atoms with E-state index in [0.717, 1.165) is 11.8 Å². The van der Waals surface area contributed by atoms with Crippen molar-refractivity contribution in [3.05, 3.63) is 39.6 Å². The van der Waals surface area contributed by atoms with Crippen molar-refractivity contribution < 1.29 is 4.79 Å². The van der Waals surface area contributed by atoms with Crippen LogP contribution in [0.3, 0.4) is 0 Å². The van der Waals surface area contributed by atoms with Gasteiger partial charge in [-0.15, -0.1) is 0 Å². The molecule has 0 saturated heterocycles. The average Bonchev–Trinajstić information content (AvgIpc) is 2.54. The number of halogens is 2. The van der Waals surface area contributed by atoms with Gasteiger partial charge in [-0.1, -0.05) is 54.9 Å². The summed E-state index contributed by atoms with van der Waals surface area (Å²) in [6.45, 7) is 3.89. The first-order chi connectivity index (χ1) is 11.3. The number of nitrogens with zero attached hydrogens (tertiary/aromatic N) is 3. The minimum atomic E-state index is -0.482. The SMILES string of the molecule is CC(C)c1nc(SCC(N)=O)c(C#N)c(-c2ccc(Cl)c(Cl)c2)n1. The van der Waals surface area contributed by atoms with Crippen molar-refractivity contribution in [3.8, 4) is 17.3 Å². The summed E-state index contributed by atoms with van der Waals surface area (Å²) in [4.78, 5) is 20.0. The molecule has 0 fully saturated rings. The maximum atomic E-state index is 11.1. The van der Waals surface area contributed by atoms with Gasteiger partial charge in [-0.05, 0) is 12.1 Å². The van der Waals surface area contributed by atoms with Gasteiger partial charge in [0.1, 0.15) is 22.5 Å². The van der Waals surface area contributed by atoms with E-state index in [4.69, 9.17) is 28.9 Å². The van der Waals surface area contributed by atoms with Gasteiger partial charge in [0.2, 0.25) is 5.91 Å². The Labute approximate surface area is 154 Å². The van der Waals surface area contributed by atoms with Gasteiger partial charge in [0.15, 0.2) is 0 Å². The predicted octanol–water partition coefficient (Wildman–Crippen LogP) is 4.02. The van der Waals surface area contributed by atoms with E-state index >= 15 is 0 Å². The maximum Gasteiger partial charge on any atom is 0.227 e. The summed E-state index contributed by atoms with van der Waals surface area (Å²) < 4.78 is 0. The standard InChI is InChI=1S/C16H14Cl2N4OS/c1-8(2)15-21-14(9-3-4-11(17)12(18)5-9)10(6-19)16(22-15)24-7-13(20)23/h3-5,8H,7H2,1-2H3,(H2,20,23). The monoisotopic (exact) mass is 380 g/mol. The minimum absolute atomic E-state index is 0.0318. The molecule has 0 unspecified atom stereocenters. The first-order valence-electron chi connectivity index (χ1n) is 7.02. The number of rotatable bonds is 5. The average molecular weight is 381 g/mol. The van der Waals surface area contributed by atoms with Crippen LogP contribution in [0, 0.1) is 11.3 Å². The number of benzene rings is 1. The van der Waals surface area contributed by atoms with Gasteiger partial charge in [-0.25, -0.2) is 9.97 Å². The third-order valence-corrected chi connectivity index (χ3v) is 4.80. The number of amides is 1. The summed E-state index contributed by atoms with van der Waals surface area (Å²) in [5, 5.41) is 10.8. The van der Waals surface area contributed by atoms with Gasteiger partial charge >= 0.3 is 0 Å². The fourth-order valence-corrected chi connectivity index (χ4v) is 2.93. The van der Waals surface area contributed by atoms with E-state index in [9.17, 15) is 10.1 Å². The van der Waals surface area contributed by atoms with Crippen molar-refractivity contribution >= 4 is 40.9 Å². The van der Waals surface area contributed by atoms with Gasteiger partial charge in [0.05, 0.1) is 21.5 Å². The molecule has 1 aromatic carbocycles. The lowest BCUT2D eigenvalue weighted by molar-refractivity contribution is -0.115.